The van der Waals surface area contributed by atoms with Crippen molar-refractivity contribution < 1.29 is 14.7 Å². The Bertz CT molecular complexity index is 461. The lowest BCUT2D eigenvalue weighted by atomic mass is 9.93. The van der Waals surface area contributed by atoms with Crippen LogP contribution >= 0.6 is 0 Å². The molecule has 1 aromatic carbocycles. The van der Waals surface area contributed by atoms with Gasteiger partial charge in [0.15, 0.2) is 0 Å². The fourth-order valence-corrected chi connectivity index (χ4v) is 3.26. The van der Waals surface area contributed by atoms with E-state index in [-0.39, 0.29) is 17.9 Å². The molecule has 1 aromatic rings. The van der Waals surface area contributed by atoms with Gasteiger partial charge in [-0.15, -0.1) is 0 Å². The predicted molar refractivity (Wildman–Crippen MR) is 89.1 cm³/mol. The summed E-state index contributed by atoms with van der Waals surface area (Å²) in [6.45, 7) is 3.11. The van der Waals surface area contributed by atoms with Crippen molar-refractivity contribution in [1.29, 1.82) is 0 Å². The molecule has 0 bridgehead atoms. The molecule has 1 saturated heterocycles. The molecule has 0 spiro atoms. The number of likely N-dealkylation sites (tertiary alicyclic amines) is 1. The van der Waals surface area contributed by atoms with Gasteiger partial charge in [-0.3, -0.25) is 10.0 Å². The van der Waals surface area contributed by atoms with Gasteiger partial charge in [-0.05, 0) is 50.9 Å². The molecule has 1 aliphatic rings. The Morgan fingerprint density at radius 1 is 1.26 bits per heavy atom. The van der Waals surface area contributed by atoms with Crippen LogP contribution in [0.3, 0.4) is 0 Å². The minimum absolute atomic E-state index is 0.139. The maximum Gasteiger partial charge on any atom is 0.246 e. The molecular weight excluding hydrogens is 292 g/mol. The zero-order valence-corrected chi connectivity index (χ0v) is 13.9. The SMILES string of the molecule is COC(CC(CCN1CCCCC1)C(=O)NO)c1ccccc1. The zero-order valence-electron chi connectivity index (χ0n) is 13.9. The molecule has 5 heteroatoms. The van der Waals surface area contributed by atoms with Crippen LogP contribution in [0.5, 0.6) is 0 Å². The van der Waals surface area contributed by atoms with Gasteiger partial charge in [0, 0.05) is 13.0 Å². The second-order valence-corrected chi connectivity index (χ2v) is 6.23. The number of nitrogens with one attached hydrogen (secondary N) is 1. The Hall–Kier alpha value is -1.43. The summed E-state index contributed by atoms with van der Waals surface area (Å²) >= 11 is 0. The predicted octanol–water partition coefficient (Wildman–Crippen LogP) is 2.76. The molecular formula is C18H28N2O3. The van der Waals surface area contributed by atoms with Crippen LogP contribution in [0.1, 0.15) is 43.8 Å². The van der Waals surface area contributed by atoms with Crippen LogP contribution in [0.2, 0.25) is 0 Å². The summed E-state index contributed by atoms with van der Waals surface area (Å²) in [6, 6.07) is 9.91. The van der Waals surface area contributed by atoms with E-state index < -0.39 is 0 Å². The molecule has 1 amide bonds. The van der Waals surface area contributed by atoms with Gasteiger partial charge < -0.3 is 9.64 Å². The summed E-state index contributed by atoms with van der Waals surface area (Å²) < 4.78 is 5.58. The second kappa shape index (κ2) is 9.65. The van der Waals surface area contributed by atoms with Crippen LogP contribution in [-0.4, -0.2) is 42.8 Å². The standard InChI is InChI=1S/C18H28N2O3/c1-23-17(15-8-4-2-5-9-15)14-16(18(21)19-22)10-13-20-11-6-3-7-12-20/h2,4-5,8-9,16-17,22H,3,6-7,10-14H2,1H3,(H,19,21). The molecule has 1 fully saturated rings. The Balaban J connectivity index is 1.95. The highest BCUT2D eigenvalue weighted by atomic mass is 16.5. The molecule has 0 aliphatic carbocycles. The summed E-state index contributed by atoms with van der Waals surface area (Å²) in [5.74, 6) is -0.577. The van der Waals surface area contributed by atoms with E-state index in [1.54, 1.807) is 7.11 Å². The zero-order chi connectivity index (χ0) is 16.5. The lowest BCUT2D eigenvalue weighted by Gasteiger charge is -2.28. The van der Waals surface area contributed by atoms with Crippen molar-refractivity contribution in [3.63, 3.8) is 0 Å². The van der Waals surface area contributed by atoms with Crippen molar-refractivity contribution in [3.8, 4) is 0 Å². The largest absolute Gasteiger partial charge is 0.377 e. The number of ether oxygens (including phenoxy) is 1. The third-order valence-corrected chi connectivity index (χ3v) is 4.68. The number of rotatable bonds is 8. The quantitative estimate of drug-likeness (QED) is 0.571. The Morgan fingerprint density at radius 3 is 2.57 bits per heavy atom. The number of hydroxylamine groups is 1. The Kier molecular flexibility index (Phi) is 7.52. The van der Waals surface area contributed by atoms with Gasteiger partial charge in [0.05, 0.1) is 6.10 Å². The van der Waals surface area contributed by atoms with Crippen molar-refractivity contribution in [2.45, 2.75) is 38.2 Å². The van der Waals surface area contributed by atoms with Gasteiger partial charge in [-0.2, -0.15) is 0 Å². The molecule has 2 N–H and O–H groups in total. The molecule has 23 heavy (non-hydrogen) atoms. The molecule has 5 nitrogen and oxygen atoms in total. The highest BCUT2D eigenvalue weighted by molar-refractivity contribution is 5.77. The van der Waals surface area contributed by atoms with Crippen LogP contribution in [0.15, 0.2) is 30.3 Å². The van der Waals surface area contributed by atoms with Gasteiger partial charge in [-0.1, -0.05) is 36.8 Å². The van der Waals surface area contributed by atoms with Crippen molar-refractivity contribution in [2.24, 2.45) is 5.92 Å². The number of hydrogen-bond acceptors (Lipinski definition) is 4. The summed E-state index contributed by atoms with van der Waals surface area (Å²) in [7, 11) is 1.66. The van der Waals surface area contributed by atoms with Gasteiger partial charge >= 0.3 is 0 Å². The fourth-order valence-electron chi connectivity index (χ4n) is 3.26. The molecule has 2 atom stereocenters. The minimum Gasteiger partial charge on any atom is -0.377 e. The maximum atomic E-state index is 12.0. The molecule has 128 valence electrons. The van der Waals surface area contributed by atoms with E-state index in [0.717, 1.165) is 31.6 Å². The molecule has 1 heterocycles. The van der Waals surface area contributed by atoms with E-state index in [2.05, 4.69) is 4.90 Å². The number of carbonyl (C=O) groups excluding carboxylic acids is 1. The first-order valence-corrected chi connectivity index (χ1v) is 8.48. The highest BCUT2D eigenvalue weighted by Crippen LogP contribution is 2.27. The monoisotopic (exact) mass is 320 g/mol. The van der Waals surface area contributed by atoms with Crippen LogP contribution < -0.4 is 5.48 Å². The van der Waals surface area contributed by atoms with E-state index in [1.165, 1.54) is 19.3 Å². The van der Waals surface area contributed by atoms with Crippen LogP contribution in [0.25, 0.3) is 0 Å². The number of hydrogen-bond donors (Lipinski definition) is 2. The van der Waals surface area contributed by atoms with E-state index in [4.69, 9.17) is 9.94 Å². The third kappa shape index (κ3) is 5.61. The van der Waals surface area contributed by atoms with Gasteiger partial charge in [0.1, 0.15) is 0 Å². The lowest BCUT2D eigenvalue weighted by Crippen LogP contribution is -2.35. The first-order chi connectivity index (χ1) is 11.2. The fraction of sp³-hybridized carbons (Fsp3) is 0.611. The number of amides is 1. The average molecular weight is 320 g/mol. The van der Waals surface area contributed by atoms with Gasteiger partial charge in [0.2, 0.25) is 5.91 Å². The Labute approximate surface area is 138 Å². The van der Waals surface area contributed by atoms with Crippen LogP contribution in [-0.2, 0) is 9.53 Å². The molecule has 0 radical (unpaired) electrons. The highest BCUT2D eigenvalue weighted by Gasteiger charge is 2.25. The van der Waals surface area contributed by atoms with Crippen LogP contribution in [0, 0.1) is 5.92 Å². The maximum absolute atomic E-state index is 12.0. The molecule has 0 aromatic heterocycles. The minimum atomic E-state index is -0.319. The molecule has 1 aliphatic heterocycles. The Morgan fingerprint density at radius 2 is 1.96 bits per heavy atom. The summed E-state index contributed by atoms with van der Waals surface area (Å²) in [6.07, 6.45) is 4.94. The van der Waals surface area contributed by atoms with E-state index in [9.17, 15) is 4.79 Å². The number of methoxy groups -OCH3 is 1. The van der Waals surface area contributed by atoms with E-state index >= 15 is 0 Å². The topological polar surface area (TPSA) is 61.8 Å². The molecule has 2 unspecified atom stereocenters. The smallest absolute Gasteiger partial charge is 0.246 e. The number of nitrogens with zero attached hydrogens (tertiary/aromatic N) is 1. The average Bonchev–Trinajstić information content (AvgIpc) is 2.63. The summed E-state index contributed by atoms with van der Waals surface area (Å²) in [5, 5.41) is 9.04. The number of benzene rings is 1. The van der Waals surface area contributed by atoms with E-state index in [1.807, 2.05) is 35.8 Å². The first-order valence-electron chi connectivity index (χ1n) is 8.48. The third-order valence-electron chi connectivity index (χ3n) is 4.68. The van der Waals surface area contributed by atoms with Gasteiger partial charge in [-0.25, -0.2) is 5.48 Å². The van der Waals surface area contributed by atoms with Crippen molar-refractivity contribution in [3.05, 3.63) is 35.9 Å². The van der Waals surface area contributed by atoms with Gasteiger partial charge in [0.25, 0.3) is 0 Å². The summed E-state index contributed by atoms with van der Waals surface area (Å²) in [5.41, 5.74) is 2.88. The normalized spacial score (nSPS) is 18.3. The van der Waals surface area contributed by atoms with Crippen molar-refractivity contribution in [2.75, 3.05) is 26.7 Å². The lowest BCUT2D eigenvalue weighted by molar-refractivity contribution is -0.135. The first kappa shape index (κ1) is 17.9. The number of piperidine rings is 1. The van der Waals surface area contributed by atoms with Crippen molar-refractivity contribution in [1.82, 2.24) is 10.4 Å². The molecule has 2 rings (SSSR count). The van der Waals surface area contributed by atoms with Crippen LogP contribution in [0.4, 0.5) is 0 Å². The second-order valence-electron chi connectivity index (χ2n) is 6.23. The molecule has 0 saturated carbocycles. The van der Waals surface area contributed by atoms with E-state index in [0.29, 0.717) is 6.42 Å². The summed E-state index contributed by atoms with van der Waals surface area (Å²) in [4.78, 5) is 14.4. The van der Waals surface area contributed by atoms with Crippen molar-refractivity contribution >= 4 is 5.91 Å². The number of carbonyl (C=O) groups is 1.